The highest BCUT2D eigenvalue weighted by atomic mass is 16.6. The smallest absolute Gasteiger partial charge is 0.433 e. The van der Waals surface area contributed by atoms with Crippen LogP contribution in [0.5, 0.6) is 0 Å². The lowest BCUT2D eigenvalue weighted by molar-refractivity contribution is -0.402. The molecule has 0 aliphatic rings. The molecule has 1 rings (SSSR count). The van der Waals surface area contributed by atoms with Crippen molar-refractivity contribution >= 4 is 12.0 Å². The molecule has 1 aromatic rings. The van der Waals surface area contributed by atoms with Gasteiger partial charge in [-0.05, 0) is 26.8 Å². The number of nitrogens with zero attached hydrogens (tertiary/aromatic N) is 1. The normalized spacial score (nSPS) is 12.8. The summed E-state index contributed by atoms with van der Waals surface area (Å²) in [5.74, 6) is 0.0382. The Kier molecular flexibility index (Phi) is 5.09. The second kappa shape index (κ2) is 6.38. The highest BCUT2D eigenvalue weighted by Crippen LogP contribution is 2.17. The lowest BCUT2D eigenvalue weighted by Crippen LogP contribution is -2.44. The van der Waals surface area contributed by atoms with Gasteiger partial charge in [0.05, 0.1) is 12.1 Å². The van der Waals surface area contributed by atoms with Crippen molar-refractivity contribution in [2.75, 3.05) is 6.54 Å². The molecule has 1 heterocycles. The molecule has 112 valence electrons. The predicted molar refractivity (Wildman–Crippen MR) is 71.3 cm³/mol. The van der Waals surface area contributed by atoms with Crippen LogP contribution in [0.15, 0.2) is 16.5 Å². The number of hydrogen-bond donors (Lipinski definition) is 2. The molecule has 0 aliphatic heterocycles. The van der Waals surface area contributed by atoms with Crippen LogP contribution in [-0.2, 0) is 11.2 Å². The predicted octanol–water partition coefficient (Wildman–Crippen LogP) is 1.58. The molecule has 0 aliphatic carbocycles. The van der Waals surface area contributed by atoms with Crippen LogP contribution >= 0.6 is 0 Å². The Balaban J connectivity index is 2.58. The van der Waals surface area contributed by atoms with E-state index in [0.717, 1.165) is 0 Å². The molecular weight excluding hydrogens is 266 g/mol. The maximum atomic E-state index is 11.6. The van der Waals surface area contributed by atoms with E-state index in [4.69, 9.17) is 14.9 Å². The standard InChI is InChI=1S/C12H19N3O5/c1-12(2,3)20-11(16)14-8(7-13)6-9-4-5-10(19-9)15(17)18/h4-5,8H,6-7,13H2,1-3H3,(H,14,16). The number of carbonyl (C=O) groups excluding carboxylic acids is 1. The van der Waals surface area contributed by atoms with Gasteiger partial charge in [0.1, 0.15) is 16.3 Å². The molecule has 0 saturated carbocycles. The number of nitro groups is 1. The summed E-state index contributed by atoms with van der Waals surface area (Å²) in [6.45, 7) is 5.41. The van der Waals surface area contributed by atoms with Gasteiger partial charge in [0, 0.05) is 13.0 Å². The zero-order chi connectivity index (χ0) is 15.3. The average molecular weight is 285 g/mol. The molecule has 0 saturated heterocycles. The number of hydrogen-bond acceptors (Lipinski definition) is 6. The van der Waals surface area contributed by atoms with Crippen LogP contribution in [0, 0.1) is 10.1 Å². The van der Waals surface area contributed by atoms with E-state index >= 15 is 0 Å². The summed E-state index contributed by atoms with van der Waals surface area (Å²) in [5.41, 5.74) is 4.95. The largest absolute Gasteiger partial charge is 0.444 e. The van der Waals surface area contributed by atoms with Gasteiger partial charge in [-0.2, -0.15) is 0 Å². The van der Waals surface area contributed by atoms with Gasteiger partial charge >= 0.3 is 12.0 Å². The van der Waals surface area contributed by atoms with Crippen molar-refractivity contribution in [2.24, 2.45) is 5.73 Å². The van der Waals surface area contributed by atoms with Crippen LogP contribution in [0.2, 0.25) is 0 Å². The minimum absolute atomic E-state index is 0.160. The van der Waals surface area contributed by atoms with Gasteiger partial charge < -0.3 is 20.2 Å². The molecule has 0 spiro atoms. The van der Waals surface area contributed by atoms with E-state index < -0.39 is 22.7 Å². The van der Waals surface area contributed by atoms with Crippen molar-refractivity contribution in [2.45, 2.75) is 38.8 Å². The third-order valence-corrected chi connectivity index (χ3v) is 2.28. The Labute approximate surface area is 116 Å². The van der Waals surface area contributed by atoms with Gasteiger partial charge in [0.25, 0.3) is 0 Å². The maximum Gasteiger partial charge on any atom is 0.433 e. The third kappa shape index (κ3) is 5.27. The first-order valence-electron chi connectivity index (χ1n) is 6.14. The Morgan fingerprint density at radius 2 is 2.20 bits per heavy atom. The highest BCUT2D eigenvalue weighted by Gasteiger charge is 2.21. The molecule has 1 aromatic heterocycles. The van der Waals surface area contributed by atoms with E-state index in [1.54, 1.807) is 20.8 Å². The third-order valence-electron chi connectivity index (χ3n) is 2.28. The van der Waals surface area contributed by atoms with Gasteiger partial charge in [-0.25, -0.2) is 4.79 Å². The number of rotatable bonds is 5. The molecule has 1 unspecified atom stereocenters. The molecule has 0 radical (unpaired) electrons. The average Bonchev–Trinajstić information content (AvgIpc) is 2.74. The van der Waals surface area contributed by atoms with Gasteiger partial charge in [-0.1, -0.05) is 0 Å². The molecule has 0 fully saturated rings. The Morgan fingerprint density at radius 1 is 1.55 bits per heavy atom. The van der Waals surface area contributed by atoms with Crippen molar-refractivity contribution in [1.82, 2.24) is 5.32 Å². The number of carbonyl (C=O) groups is 1. The van der Waals surface area contributed by atoms with E-state index in [9.17, 15) is 14.9 Å². The van der Waals surface area contributed by atoms with E-state index in [1.807, 2.05) is 0 Å². The van der Waals surface area contributed by atoms with Gasteiger partial charge in [-0.15, -0.1) is 0 Å². The topological polar surface area (TPSA) is 121 Å². The Hall–Kier alpha value is -2.09. The van der Waals surface area contributed by atoms with Crippen molar-refractivity contribution in [3.05, 3.63) is 28.0 Å². The minimum atomic E-state index is -0.623. The second-order valence-electron chi connectivity index (χ2n) is 5.28. The molecular formula is C12H19N3O5. The van der Waals surface area contributed by atoms with E-state index in [-0.39, 0.29) is 18.8 Å². The number of nitrogens with one attached hydrogen (secondary N) is 1. The molecule has 1 amide bonds. The molecule has 20 heavy (non-hydrogen) atoms. The highest BCUT2D eigenvalue weighted by molar-refractivity contribution is 5.68. The zero-order valence-electron chi connectivity index (χ0n) is 11.7. The van der Waals surface area contributed by atoms with Gasteiger partial charge in [-0.3, -0.25) is 10.1 Å². The summed E-state index contributed by atoms with van der Waals surface area (Å²) in [6, 6.07) is 2.32. The number of nitrogens with two attached hydrogens (primary N) is 1. The molecule has 0 bridgehead atoms. The van der Waals surface area contributed by atoms with Crippen LogP contribution in [-0.4, -0.2) is 29.2 Å². The summed E-state index contributed by atoms with van der Waals surface area (Å²) in [6.07, 6.45) is -0.335. The second-order valence-corrected chi connectivity index (χ2v) is 5.28. The fourth-order valence-corrected chi connectivity index (χ4v) is 1.48. The van der Waals surface area contributed by atoms with Gasteiger partial charge in [0.2, 0.25) is 0 Å². The quantitative estimate of drug-likeness (QED) is 0.626. The summed E-state index contributed by atoms with van der Waals surface area (Å²) in [5, 5.41) is 13.1. The lowest BCUT2D eigenvalue weighted by atomic mass is 10.1. The molecule has 3 N–H and O–H groups in total. The van der Waals surface area contributed by atoms with E-state index in [1.165, 1.54) is 12.1 Å². The lowest BCUT2D eigenvalue weighted by Gasteiger charge is -2.22. The van der Waals surface area contributed by atoms with E-state index in [0.29, 0.717) is 5.76 Å². The van der Waals surface area contributed by atoms with Crippen molar-refractivity contribution in [3.8, 4) is 0 Å². The first-order valence-corrected chi connectivity index (χ1v) is 6.14. The molecule has 0 aromatic carbocycles. The monoisotopic (exact) mass is 285 g/mol. The zero-order valence-corrected chi connectivity index (χ0v) is 11.7. The number of alkyl carbamates (subject to hydrolysis) is 1. The fourth-order valence-electron chi connectivity index (χ4n) is 1.48. The summed E-state index contributed by atoms with van der Waals surface area (Å²) in [4.78, 5) is 21.5. The summed E-state index contributed by atoms with van der Waals surface area (Å²) >= 11 is 0. The van der Waals surface area contributed by atoms with Crippen LogP contribution in [0.3, 0.4) is 0 Å². The molecule has 8 heteroatoms. The summed E-state index contributed by atoms with van der Waals surface area (Å²) in [7, 11) is 0. The van der Waals surface area contributed by atoms with Crippen LogP contribution in [0.25, 0.3) is 0 Å². The Bertz CT molecular complexity index is 478. The first-order chi connectivity index (χ1) is 9.21. The fraction of sp³-hybridized carbons (Fsp3) is 0.583. The van der Waals surface area contributed by atoms with Crippen LogP contribution < -0.4 is 11.1 Å². The SMILES string of the molecule is CC(C)(C)OC(=O)NC(CN)Cc1ccc([N+](=O)[O-])o1. The molecule has 8 nitrogen and oxygen atoms in total. The molecule has 1 atom stereocenters. The van der Waals surface area contributed by atoms with Crippen molar-refractivity contribution in [3.63, 3.8) is 0 Å². The van der Waals surface area contributed by atoms with Crippen LogP contribution in [0.1, 0.15) is 26.5 Å². The number of amides is 1. The Morgan fingerprint density at radius 3 is 2.65 bits per heavy atom. The van der Waals surface area contributed by atoms with E-state index in [2.05, 4.69) is 5.32 Å². The van der Waals surface area contributed by atoms with Gasteiger partial charge in [0.15, 0.2) is 0 Å². The minimum Gasteiger partial charge on any atom is -0.444 e. The van der Waals surface area contributed by atoms with Crippen LogP contribution in [0.4, 0.5) is 10.7 Å². The summed E-state index contributed by atoms with van der Waals surface area (Å²) < 4.78 is 10.1. The van der Waals surface area contributed by atoms with Crippen molar-refractivity contribution < 1.29 is 18.9 Å². The van der Waals surface area contributed by atoms with Crippen molar-refractivity contribution in [1.29, 1.82) is 0 Å². The number of ether oxygens (including phenoxy) is 1. The maximum absolute atomic E-state index is 11.6. The first kappa shape index (κ1) is 16.0. The number of furan rings is 1.